The first-order valence-corrected chi connectivity index (χ1v) is 13.3. The van der Waals surface area contributed by atoms with Crippen LogP contribution in [0, 0.1) is 0 Å². The number of esters is 1. The monoisotopic (exact) mass is 495 g/mol. The summed E-state index contributed by atoms with van der Waals surface area (Å²) in [6.45, 7) is 6.13. The molecule has 36 heavy (non-hydrogen) atoms. The molecule has 0 spiro atoms. The fourth-order valence-electron chi connectivity index (χ4n) is 5.55. The fourth-order valence-corrected chi connectivity index (χ4v) is 5.55. The van der Waals surface area contributed by atoms with Gasteiger partial charge in [-0.3, -0.25) is 9.69 Å². The minimum Gasteiger partial charge on any atom is -0.490 e. The summed E-state index contributed by atoms with van der Waals surface area (Å²) >= 11 is 0. The van der Waals surface area contributed by atoms with Crippen molar-refractivity contribution in [2.75, 3.05) is 51.4 Å². The molecule has 194 valence electrons. The zero-order valence-electron chi connectivity index (χ0n) is 21.2. The molecule has 1 aromatic carbocycles. The van der Waals surface area contributed by atoms with Crippen molar-refractivity contribution in [1.29, 1.82) is 0 Å². The molecule has 2 aromatic rings. The zero-order valence-corrected chi connectivity index (χ0v) is 21.2. The van der Waals surface area contributed by atoms with E-state index in [1.165, 1.54) is 37.3 Å². The molecule has 4 heterocycles. The van der Waals surface area contributed by atoms with E-state index in [1.54, 1.807) is 4.57 Å². The lowest BCUT2D eigenvalue weighted by molar-refractivity contribution is -0.0114. The molecular formula is C28H37N3O5. The summed E-state index contributed by atoms with van der Waals surface area (Å²) in [6, 6.07) is 10.3. The van der Waals surface area contributed by atoms with Gasteiger partial charge in [0.15, 0.2) is 0 Å². The summed E-state index contributed by atoms with van der Waals surface area (Å²) in [7, 11) is 1.37. The first-order chi connectivity index (χ1) is 17.6. The smallest absolute Gasteiger partial charge is 0.343 e. The molecular weight excluding hydrogens is 458 g/mol. The molecule has 8 nitrogen and oxygen atoms in total. The molecule has 0 radical (unpaired) electrons. The summed E-state index contributed by atoms with van der Waals surface area (Å²) in [6.07, 6.45) is 6.17. The molecule has 5 rings (SSSR count). The van der Waals surface area contributed by atoms with Crippen molar-refractivity contribution in [3.63, 3.8) is 0 Å². The summed E-state index contributed by atoms with van der Waals surface area (Å²) < 4.78 is 18.6. The van der Waals surface area contributed by atoms with Crippen molar-refractivity contribution in [3.05, 3.63) is 57.5 Å². The molecule has 0 bridgehead atoms. The average molecular weight is 496 g/mol. The van der Waals surface area contributed by atoms with E-state index in [1.807, 2.05) is 0 Å². The Bertz CT molecular complexity index is 1100. The van der Waals surface area contributed by atoms with Crippen LogP contribution in [-0.2, 0) is 29.0 Å². The standard InChI is InChI=1S/C28H37N3O5/c1-34-28(33)27-24-11-14-29(19-21-7-9-22(10-8-21)30-12-3-4-13-30)15-16-31(24)26(32)18-25(27)36-20-23-6-2-5-17-35-23/h7-10,18,23H,2-6,11-17,19-20H2,1H3/t23-/m1/s1. The van der Waals surface area contributed by atoms with E-state index in [-0.39, 0.29) is 11.7 Å². The van der Waals surface area contributed by atoms with Crippen LogP contribution in [0.2, 0.25) is 0 Å². The molecule has 8 heteroatoms. The first kappa shape index (κ1) is 24.8. The van der Waals surface area contributed by atoms with E-state index in [0.29, 0.717) is 36.6 Å². The number of methoxy groups -OCH3 is 1. The van der Waals surface area contributed by atoms with Crippen LogP contribution in [-0.4, -0.2) is 68.0 Å². The van der Waals surface area contributed by atoms with Crippen LogP contribution in [0.15, 0.2) is 35.1 Å². The minimum absolute atomic E-state index is 0.0156. The van der Waals surface area contributed by atoms with Gasteiger partial charge in [0.25, 0.3) is 5.56 Å². The predicted octanol–water partition coefficient (Wildman–Crippen LogP) is 3.24. The van der Waals surface area contributed by atoms with E-state index < -0.39 is 5.97 Å². The fraction of sp³-hybridized carbons (Fsp3) is 0.571. The number of benzene rings is 1. The lowest BCUT2D eigenvalue weighted by Gasteiger charge is -2.24. The number of hydrogen-bond acceptors (Lipinski definition) is 7. The second-order valence-electron chi connectivity index (χ2n) is 10.00. The number of carbonyl (C=O) groups excluding carboxylic acids is 1. The van der Waals surface area contributed by atoms with Gasteiger partial charge < -0.3 is 23.7 Å². The molecule has 0 amide bonds. The molecule has 0 aliphatic carbocycles. The molecule has 1 atom stereocenters. The van der Waals surface area contributed by atoms with E-state index in [9.17, 15) is 9.59 Å². The Morgan fingerprint density at radius 1 is 1.03 bits per heavy atom. The van der Waals surface area contributed by atoms with Crippen molar-refractivity contribution >= 4 is 11.7 Å². The molecule has 0 saturated carbocycles. The molecule has 3 aliphatic rings. The number of carbonyl (C=O) groups is 1. The second-order valence-corrected chi connectivity index (χ2v) is 10.00. The Morgan fingerprint density at radius 2 is 1.83 bits per heavy atom. The maximum absolute atomic E-state index is 13.1. The van der Waals surface area contributed by atoms with Gasteiger partial charge in [0.2, 0.25) is 0 Å². The highest BCUT2D eigenvalue weighted by molar-refractivity contribution is 5.93. The van der Waals surface area contributed by atoms with Gasteiger partial charge in [0.1, 0.15) is 17.9 Å². The van der Waals surface area contributed by atoms with Crippen molar-refractivity contribution < 1.29 is 19.0 Å². The maximum atomic E-state index is 13.1. The van der Waals surface area contributed by atoms with Crippen molar-refractivity contribution in [1.82, 2.24) is 9.47 Å². The first-order valence-electron chi connectivity index (χ1n) is 13.3. The molecule has 2 saturated heterocycles. The topological polar surface area (TPSA) is 73.2 Å². The third-order valence-electron chi connectivity index (χ3n) is 7.59. The highest BCUT2D eigenvalue weighted by Gasteiger charge is 2.27. The van der Waals surface area contributed by atoms with Gasteiger partial charge in [-0.1, -0.05) is 12.1 Å². The number of aromatic nitrogens is 1. The van der Waals surface area contributed by atoms with Gasteiger partial charge in [-0.15, -0.1) is 0 Å². The summed E-state index contributed by atoms with van der Waals surface area (Å²) in [4.78, 5) is 30.7. The number of pyridine rings is 1. The molecule has 1 aromatic heterocycles. The van der Waals surface area contributed by atoms with Crippen LogP contribution in [0.5, 0.6) is 5.75 Å². The van der Waals surface area contributed by atoms with Crippen LogP contribution >= 0.6 is 0 Å². The van der Waals surface area contributed by atoms with Crippen molar-refractivity contribution in [3.8, 4) is 5.75 Å². The molecule has 0 N–H and O–H groups in total. The third-order valence-corrected chi connectivity index (χ3v) is 7.59. The lowest BCUT2D eigenvalue weighted by Crippen LogP contribution is -2.30. The van der Waals surface area contributed by atoms with Gasteiger partial charge in [0, 0.05) is 69.7 Å². The maximum Gasteiger partial charge on any atom is 0.343 e. The van der Waals surface area contributed by atoms with E-state index in [4.69, 9.17) is 14.2 Å². The lowest BCUT2D eigenvalue weighted by atomic mass is 10.1. The van der Waals surface area contributed by atoms with E-state index in [0.717, 1.165) is 58.6 Å². The van der Waals surface area contributed by atoms with Crippen LogP contribution in [0.25, 0.3) is 0 Å². The Kier molecular flexibility index (Phi) is 7.92. The highest BCUT2D eigenvalue weighted by atomic mass is 16.5. The van der Waals surface area contributed by atoms with Crippen molar-refractivity contribution in [2.45, 2.75) is 57.7 Å². The molecule has 2 fully saturated rings. The van der Waals surface area contributed by atoms with Gasteiger partial charge in [-0.2, -0.15) is 0 Å². The Balaban J connectivity index is 1.30. The number of ether oxygens (including phenoxy) is 3. The summed E-state index contributed by atoms with van der Waals surface area (Å²) in [5, 5.41) is 0. The van der Waals surface area contributed by atoms with Crippen LogP contribution in [0.1, 0.15) is 53.7 Å². The Morgan fingerprint density at radius 3 is 2.56 bits per heavy atom. The quantitative estimate of drug-likeness (QED) is 0.546. The SMILES string of the molecule is COC(=O)c1c(OC[C@H]2CCCCO2)cc(=O)n2c1CCN(Cc1ccc(N3CCCC3)cc1)CC2. The number of hydrogen-bond donors (Lipinski definition) is 0. The van der Waals surface area contributed by atoms with Gasteiger partial charge >= 0.3 is 5.97 Å². The van der Waals surface area contributed by atoms with Crippen LogP contribution in [0.4, 0.5) is 5.69 Å². The Hall–Kier alpha value is -2.84. The van der Waals surface area contributed by atoms with Crippen LogP contribution < -0.4 is 15.2 Å². The van der Waals surface area contributed by atoms with Crippen LogP contribution in [0.3, 0.4) is 0 Å². The van der Waals surface area contributed by atoms with E-state index >= 15 is 0 Å². The highest BCUT2D eigenvalue weighted by Crippen LogP contribution is 2.26. The Labute approximate surface area is 212 Å². The predicted molar refractivity (Wildman–Crippen MR) is 138 cm³/mol. The number of nitrogens with zero attached hydrogens (tertiary/aromatic N) is 3. The number of anilines is 1. The largest absolute Gasteiger partial charge is 0.490 e. The molecule has 3 aliphatic heterocycles. The van der Waals surface area contributed by atoms with E-state index in [2.05, 4.69) is 34.1 Å². The number of rotatable bonds is 7. The number of fused-ring (bicyclic) bond motifs is 1. The minimum atomic E-state index is -0.468. The zero-order chi connectivity index (χ0) is 24.9. The van der Waals surface area contributed by atoms with Gasteiger partial charge in [-0.25, -0.2) is 4.79 Å². The van der Waals surface area contributed by atoms with Gasteiger partial charge in [0.05, 0.1) is 13.2 Å². The summed E-state index contributed by atoms with van der Waals surface area (Å²) in [5.74, 6) is -0.164. The molecule has 0 unspecified atom stereocenters. The van der Waals surface area contributed by atoms with Crippen molar-refractivity contribution in [2.24, 2.45) is 0 Å². The second kappa shape index (κ2) is 11.5. The third kappa shape index (κ3) is 5.60. The van der Waals surface area contributed by atoms with Gasteiger partial charge in [-0.05, 0) is 49.8 Å². The normalized spacial score (nSPS) is 20.6. The average Bonchev–Trinajstić information content (AvgIpc) is 3.37. The summed E-state index contributed by atoms with van der Waals surface area (Å²) in [5.41, 5.74) is 3.46.